The Kier molecular flexibility index (Phi) is 5.90. The smallest absolute Gasteiger partial charge is 0.256 e. The number of benzene rings is 2. The molecular formula is C20H23NO5S2. The second-order valence-electron chi connectivity index (χ2n) is 6.83. The summed E-state index contributed by atoms with van der Waals surface area (Å²) in [5.74, 6) is -0.663. The minimum Gasteiger partial charge on any atom is -0.322 e. The van der Waals surface area contributed by atoms with Gasteiger partial charge < -0.3 is 5.32 Å². The summed E-state index contributed by atoms with van der Waals surface area (Å²) in [6.07, 6.45) is 3.23. The van der Waals surface area contributed by atoms with Gasteiger partial charge >= 0.3 is 0 Å². The van der Waals surface area contributed by atoms with E-state index in [9.17, 15) is 21.6 Å². The van der Waals surface area contributed by atoms with Crippen molar-refractivity contribution >= 4 is 31.3 Å². The molecule has 1 N–H and O–H groups in total. The van der Waals surface area contributed by atoms with E-state index in [1.807, 2.05) is 0 Å². The molecule has 0 atom stereocenters. The number of rotatable bonds is 6. The molecule has 0 heterocycles. The summed E-state index contributed by atoms with van der Waals surface area (Å²) in [6.45, 7) is 1.52. The predicted molar refractivity (Wildman–Crippen MR) is 108 cm³/mol. The molecule has 0 radical (unpaired) electrons. The van der Waals surface area contributed by atoms with Crippen LogP contribution in [0.1, 0.15) is 43.0 Å². The predicted octanol–water partition coefficient (Wildman–Crippen LogP) is 3.45. The van der Waals surface area contributed by atoms with E-state index in [0.29, 0.717) is 18.5 Å². The van der Waals surface area contributed by atoms with E-state index >= 15 is 0 Å². The maximum Gasteiger partial charge on any atom is 0.256 e. The van der Waals surface area contributed by atoms with Gasteiger partial charge in [-0.2, -0.15) is 0 Å². The van der Waals surface area contributed by atoms with Gasteiger partial charge in [-0.05, 0) is 49.2 Å². The molecule has 0 aliphatic heterocycles. The first-order valence-electron chi connectivity index (χ1n) is 9.23. The van der Waals surface area contributed by atoms with Crippen LogP contribution in [0.25, 0.3) is 0 Å². The number of amides is 1. The summed E-state index contributed by atoms with van der Waals surface area (Å²) in [7, 11) is -6.90. The van der Waals surface area contributed by atoms with Crippen molar-refractivity contribution < 1.29 is 21.6 Å². The van der Waals surface area contributed by atoms with Crippen molar-refractivity contribution in [3.05, 3.63) is 54.1 Å². The highest BCUT2D eigenvalue weighted by Gasteiger charge is 2.30. The molecule has 0 bridgehead atoms. The fourth-order valence-electron chi connectivity index (χ4n) is 3.40. The molecule has 0 saturated heterocycles. The van der Waals surface area contributed by atoms with Gasteiger partial charge in [-0.3, -0.25) is 4.79 Å². The van der Waals surface area contributed by atoms with Gasteiger partial charge in [-0.1, -0.05) is 31.9 Å². The highest BCUT2D eigenvalue weighted by molar-refractivity contribution is 7.92. The van der Waals surface area contributed by atoms with Crippen LogP contribution >= 0.6 is 0 Å². The third kappa shape index (κ3) is 4.12. The molecule has 2 aromatic rings. The van der Waals surface area contributed by atoms with E-state index in [0.717, 1.165) is 12.8 Å². The van der Waals surface area contributed by atoms with Crippen LogP contribution in [0.2, 0.25) is 0 Å². The molecule has 1 aliphatic carbocycles. The van der Waals surface area contributed by atoms with E-state index in [4.69, 9.17) is 0 Å². The van der Waals surface area contributed by atoms with Crippen molar-refractivity contribution in [2.24, 2.45) is 0 Å². The largest absolute Gasteiger partial charge is 0.322 e. The minimum absolute atomic E-state index is 0.0181. The van der Waals surface area contributed by atoms with Crippen molar-refractivity contribution in [3.8, 4) is 0 Å². The number of hydrogen-bond acceptors (Lipinski definition) is 5. The first-order valence-corrected chi connectivity index (χ1v) is 12.4. The zero-order chi connectivity index (χ0) is 20.4. The summed E-state index contributed by atoms with van der Waals surface area (Å²) in [4.78, 5) is 12.8. The zero-order valence-electron chi connectivity index (χ0n) is 15.6. The van der Waals surface area contributed by atoms with E-state index in [1.165, 1.54) is 43.3 Å². The number of nitrogens with one attached hydrogen (secondary N) is 1. The molecule has 8 heteroatoms. The maximum atomic E-state index is 12.6. The van der Waals surface area contributed by atoms with Gasteiger partial charge in [0.15, 0.2) is 19.7 Å². The number of anilines is 1. The molecule has 2 aromatic carbocycles. The Labute approximate surface area is 165 Å². The molecule has 1 aliphatic rings. The van der Waals surface area contributed by atoms with Crippen molar-refractivity contribution in [3.63, 3.8) is 0 Å². The first kappa shape index (κ1) is 20.5. The average Bonchev–Trinajstić information content (AvgIpc) is 3.24. The monoisotopic (exact) mass is 421 g/mol. The second kappa shape index (κ2) is 8.05. The van der Waals surface area contributed by atoms with Crippen LogP contribution in [-0.2, 0) is 19.7 Å². The second-order valence-corrected chi connectivity index (χ2v) is 11.3. The fourth-order valence-corrected chi connectivity index (χ4v) is 6.35. The van der Waals surface area contributed by atoms with Gasteiger partial charge in [0, 0.05) is 5.69 Å². The normalized spacial score (nSPS) is 15.5. The van der Waals surface area contributed by atoms with Crippen LogP contribution in [0.4, 0.5) is 5.69 Å². The standard InChI is InChI=1S/C20H23NO5S2/c1-2-27(23,24)19-10-6-5-9-18(19)20(22)21-15-11-13-17(14-12-15)28(25,26)16-7-3-4-8-16/h5-6,9-14,16H,2-4,7-8H2,1H3,(H,21,22). The SMILES string of the molecule is CCS(=O)(=O)c1ccccc1C(=O)Nc1ccc(S(=O)(=O)C2CCCC2)cc1. The highest BCUT2D eigenvalue weighted by atomic mass is 32.2. The molecule has 0 unspecified atom stereocenters. The molecule has 0 spiro atoms. The maximum absolute atomic E-state index is 12.6. The Balaban J connectivity index is 1.81. The van der Waals surface area contributed by atoms with Gasteiger partial charge in [0.2, 0.25) is 0 Å². The third-order valence-electron chi connectivity index (χ3n) is 5.03. The van der Waals surface area contributed by atoms with Gasteiger partial charge in [-0.15, -0.1) is 0 Å². The molecule has 3 rings (SSSR count). The molecule has 1 fully saturated rings. The van der Waals surface area contributed by atoms with Crippen molar-refractivity contribution in [2.45, 2.75) is 47.6 Å². The molecule has 0 aromatic heterocycles. The number of hydrogen-bond donors (Lipinski definition) is 1. The summed E-state index contributed by atoms with van der Waals surface area (Å²) in [5, 5.41) is 2.31. The van der Waals surface area contributed by atoms with Crippen molar-refractivity contribution in [2.75, 3.05) is 11.1 Å². The molecule has 6 nitrogen and oxygen atoms in total. The van der Waals surface area contributed by atoms with Crippen LogP contribution in [-0.4, -0.2) is 33.7 Å². The summed E-state index contributed by atoms with van der Waals surface area (Å²) in [5.41, 5.74) is 0.464. The van der Waals surface area contributed by atoms with Gasteiger partial charge in [-0.25, -0.2) is 16.8 Å². The van der Waals surface area contributed by atoms with E-state index in [2.05, 4.69) is 5.32 Å². The number of carbonyl (C=O) groups excluding carboxylic acids is 1. The summed E-state index contributed by atoms with van der Waals surface area (Å²) < 4.78 is 49.7. The lowest BCUT2D eigenvalue weighted by Gasteiger charge is -2.13. The lowest BCUT2D eigenvalue weighted by atomic mass is 10.2. The highest BCUT2D eigenvalue weighted by Crippen LogP contribution is 2.30. The lowest BCUT2D eigenvalue weighted by molar-refractivity contribution is 0.102. The lowest BCUT2D eigenvalue weighted by Crippen LogP contribution is -2.18. The van der Waals surface area contributed by atoms with Crippen LogP contribution < -0.4 is 5.32 Å². The number of sulfone groups is 2. The Bertz CT molecular complexity index is 1070. The van der Waals surface area contributed by atoms with E-state index in [-0.39, 0.29) is 26.4 Å². The average molecular weight is 422 g/mol. The van der Waals surface area contributed by atoms with E-state index in [1.54, 1.807) is 12.1 Å². The van der Waals surface area contributed by atoms with Gasteiger partial charge in [0.25, 0.3) is 5.91 Å². The zero-order valence-corrected chi connectivity index (χ0v) is 17.2. The first-order chi connectivity index (χ1) is 13.3. The summed E-state index contributed by atoms with van der Waals surface area (Å²) in [6, 6.07) is 12.0. The molecule has 28 heavy (non-hydrogen) atoms. The minimum atomic E-state index is -3.54. The van der Waals surface area contributed by atoms with Crippen LogP contribution in [0, 0.1) is 0 Å². The quantitative estimate of drug-likeness (QED) is 0.770. The Morgan fingerprint density at radius 2 is 1.57 bits per heavy atom. The Morgan fingerprint density at radius 1 is 0.964 bits per heavy atom. The van der Waals surface area contributed by atoms with Crippen molar-refractivity contribution in [1.82, 2.24) is 0 Å². The Morgan fingerprint density at radius 3 is 2.18 bits per heavy atom. The molecule has 150 valence electrons. The van der Waals surface area contributed by atoms with E-state index < -0.39 is 25.6 Å². The molecular weight excluding hydrogens is 398 g/mol. The molecule has 1 amide bonds. The van der Waals surface area contributed by atoms with Gasteiger partial charge in [0.05, 0.1) is 26.4 Å². The van der Waals surface area contributed by atoms with Crippen LogP contribution in [0.5, 0.6) is 0 Å². The van der Waals surface area contributed by atoms with Crippen LogP contribution in [0.3, 0.4) is 0 Å². The Hall–Kier alpha value is -2.19. The topological polar surface area (TPSA) is 97.4 Å². The number of carbonyl (C=O) groups is 1. The molecule has 1 saturated carbocycles. The van der Waals surface area contributed by atoms with Crippen molar-refractivity contribution in [1.29, 1.82) is 0 Å². The fraction of sp³-hybridized carbons (Fsp3) is 0.350. The van der Waals surface area contributed by atoms with Crippen LogP contribution in [0.15, 0.2) is 58.3 Å². The third-order valence-corrected chi connectivity index (χ3v) is 9.09. The summed E-state index contributed by atoms with van der Waals surface area (Å²) >= 11 is 0. The van der Waals surface area contributed by atoms with Gasteiger partial charge in [0.1, 0.15) is 0 Å².